The maximum atomic E-state index is 13.8. The Bertz CT molecular complexity index is 1690. The lowest BCUT2D eigenvalue weighted by Gasteiger charge is -2.29. The van der Waals surface area contributed by atoms with Crippen LogP contribution >= 0.6 is 0 Å². The van der Waals surface area contributed by atoms with E-state index >= 15 is 0 Å². The number of hydrogen-bond acceptors (Lipinski definition) is 16. The van der Waals surface area contributed by atoms with Gasteiger partial charge in [0.15, 0.2) is 0 Å². The van der Waals surface area contributed by atoms with Gasteiger partial charge in [-0.25, -0.2) is 4.79 Å². The Morgan fingerprint density at radius 2 is 0.955 bits per heavy atom. The van der Waals surface area contributed by atoms with Gasteiger partial charge in [0.25, 0.3) is 0 Å². The third-order valence-electron chi connectivity index (χ3n) is 10.3. The summed E-state index contributed by atoms with van der Waals surface area (Å²) in [6.07, 6.45) is -3.67. The Morgan fingerprint density at radius 3 is 1.33 bits per heavy atom. The molecule has 1 aliphatic rings. The molecule has 1 saturated heterocycles. The molecule has 66 heavy (non-hydrogen) atoms. The number of carbonyl (C=O) groups excluding carboxylic acids is 9. The highest BCUT2D eigenvalue weighted by Gasteiger charge is 2.37. The quantitative estimate of drug-likeness (QED) is 0.0272. The largest absolute Gasteiger partial charge is 0.481 e. The summed E-state index contributed by atoms with van der Waals surface area (Å²) in [6, 6.07) is -12.1. The molecule has 374 valence electrons. The fourth-order valence-corrected chi connectivity index (χ4v) is 6.58. The van der Waals surface area contributed by atoms with Crippen LogP contribution in [0.5, 0.6) is 0 Å². The second-order valence-corrected chi connectivity index (χ2v) is 15.9. The summed E-state index contributed by atoms with van der Waals surface area (Å²) >= 11 is 0. The van der Waals surface area contributed by atoms with Gasteiger partial charge in [-0.15, -0.1) is 0 Å². The van der Waals surface area contributed by atoms with Crippen molar-refractivity contribution in [1.82, 2.24) is 42.5 Å². The van der Waals surface area contributed by atoms with Gasteiger partial charge in [-0.2, -0.15) is 0 Å². The Kier molecular flexibility index (Phi) is 26.6. The Labute approximate surface area is 380 Å². The monoisotopic (exact) mass is 944 g/mol. The van der Waals surface area contributed by atoms with Crippen LogP contribution in [-0.4, -0.2) is 166 Å². The zero-order valence-electron chi connectivity index (χ0n) is 37.2. The molecule has 10 atom stereocenters. The van der Waals surface area contributed by atoms with Crippen molar-refractivity contribution < 1.29 is 73.2 Å². The van der Waals surface area contributed by atoms with Gasteiger partial charge >= 0.3 is 11.9 Å². The first kappa shape index (κ1) is 58.0. The van der Waals surface area contributed by atoms with E-state index in [4.69, 9.17) is 22.9 Å². The molecule has 1 rings (SSSR count). The third kappa shape index (κ3) is 21.8. The molecule has 1 heterocycles. The van der Waals surface area contributed by atoms with E-state index in [1.54, 1.807) is 0 Å². The van der Waals surface area contributed by atoms with Crippen LogP contribution in [0.4, 0.5) is 0 Å². The lowest BCUT2D eigenvalue weighted by molar-refractivity contribution is -0.144. The molecule has 9 amide bonds. The number of hydrogen-bond donors (Lipinski definition) is 16. The lowest BCUT2D eigenvalue weighted by Crippen LogP contribution is -2.62. The molecule has 0 aromatic carbocycles. The van der Waals surface area contributed by atoms with Crippen molar-refractivity contribution in [2.45, 2.75) is 158 Å². The second kappa shape index (κ2) is 30.2. The van der Waals surface area contributed by atoms with E-state index < -0.39 is 158 Å². The number of rotatable bonds is 33. The summed E-state index contributed by atoms with van der Waals surface area (Å²) < 4.78 is 0. The molecule has 0 radical (unpaired) electrons. The van der Waals surface area contributed by atoms with Gasteiger partial charge in [-0.3, -0.25) is 47.9 Å². The van der Waals surface area contributed by atoms with Gasteiger partial charge in [-0.1, -0.05) is 0 Å². The summed E-state index contributed by atoms with van der Waals surface area (Å²) in [5, 5.41) is 59.1. The predicted molar refractivity (Wildman–Crippen MR) is 230 cm³/mol. The van der Waals surface area contributed by atoms with Gasteiger partial charge in [0.05, 0.1) is 24.7 Å². The minimum atomic E-state index is -1.88. The molecule has 10 unspecified atom stereocenters. The fraction of sp³-hybridized carbons (Fsp3) is 0.718. The van der Waals surface area contributed by atoms with Crippen LogP contribution in [-0.2, 0) is 52.7 Å². The van der Waals surface area contributed by atoms with Crippen molar-refractivity contribution in [2.24, 2.45) is 22.9 Å². The van der Waals surface area contributed by atoms with Crippen LogP contribution in [0.3, 0.4) is 0 Å². The molecule has 0 aromatic rings. The number of amides is 9. The molecule has 0 saturated carbocycles. The average Bonchev–Trinajstić information content (AvgIpc) is 3.78. The van der Waals surface area contributed by atoms with Crippen molar-refractivity contribution in [3.05, 3.63) is 0 Å². The van der Waals surface area contributed by atoms with Gasteiger partial charge < -0.3 is 85.9 Å². The third-order valence-corrected chi connectivity index (χ3v) is 10.3. The zero-order chi connectivity index (χ0) is 50.1. The number of carbonyl (C=O) groups is 11. The Hall–Kier alpha value is -6.03. The van der Waals surface area contributed by atoms with Gasteiger partial charge in [0.2, 0.25) is 53.2 Å². The number of aliphatic hydroxyl groups is 2. The highest BCUT2D eigenvalue weighted by atomic mass is 16.4. The standard InChI is InChI=1S/C39H68N12O15/c1-19(52)30(50-36(62)25(12-14-29(56)57)47-33(59)22(8-3-5-15-40)45-32(58)21-10-7-17-44-21)37(63)48-23(9-4-6-16-41)34(60)46-24(11-13-27(42)54)35(61)51-31(20(2)53)38(64)49-26(39(65)66)18-28(43)55/h19-26,30-31,44,52-53H,3-18,40-41H2,1-2H3,(H2,42,54)(H2,43,55)(H,45,58)(H,46,60)(H,47,59)(H,48,63)(H,49,64)(H,50,62)(H,51,61)(H,56,57)(H,65,66). The minimum absolute atomic E-state index is 0.119. The highest BCUT2D eigenvalue weighted by molar-refractivity contribution is 5.98. The van der Waals surface area contributed by atoms with Crippen LogP contribution in [0.2, 0.25) is 0 Å². The van der Waals surface area contributed by atoms with Gasteiger partial charge in [0, 0.05) is 12.8 Å². The Morgan fingerprint density at radius 1 is 0.545 bits per heavy atom. The molecule has 0 spiro atoms. The van der Waals surface area contributed by atoms with Crippen molar-refractivity contribution in [1.29, 1.82) is 0 Å². The first-order valence-corrected chi connectivity index (χ1v) is 21.7. The van der Waals surface area contributed by atoms with Crippen LogP contribution < -0.4 is 65.5 Å². The normalized spacial score (nSPS) is 17.4. The number of carboxylic acids is 2. The molecular weight excluding hydrogens is 876 g/mol. The van der Waals surface area contributed by atoms with E-state index in [9.17, 15) is 73.2 Å². The second-order valence-electron chi connectivity index (χ2n) is 15.9. The summed E-state index contributed by atoms with van der Waals surface area (Å²) in [5.41, 5.74) is 21.6. The number of aliphatic carboxylic acids is 2. The molecule has 27 nitrogen and oxygen atoms in total. The summed E-state index contributed by atoms with van der Waals surface area (Å²) in [6.45, 7) is 3.22. The molecule has 20 N–H and O–H groups in total. The number of nitrogens with two attached hydrogens (primary N) is 4. The predicted octanol–water partition coefficient (Wildman–Crippen LogP) is -6.76. The minimum Gasteiger partial charge on any atom is -0.481 e. The van der Waals surface area contributed by atoms with Crippen LogP contribution in [0.25, 0.3) is 0 Å². The molecule has 1 fully saturated rings. The van der Waals surface area contributed by atoms with Crippen molar-refractivity contribution in [3.63, 3.8) is 0 Å². The van der Waals surface area contributed by atoms with Crippen LogP contribution in [0.1, 0.15) is 97.3 Å². The maximum absolute atomic E-state index is 13.8. The Balaban J connectivity index is 3.39. The highest BCUT2D eigenvalue weighted by Crippen LogP contribution is 2.11. The van der Waals surface area contributed by atoms with E-state index in [2.05, 4.69) is 37.2 Å². The van der Waals surface area contributed by atoms with E-state index in [1.807, 2.05) is 5.32 Å². The number of nitrogens with one attached hydrogen (secondary N) is 8. The van der Waals surface area contributed by atoms with Crippen LogP contribution in [0, 0.1) is 0 Å². The maximum Gasteiger partial charge on any atom is 0.326 e. The van der Waals surface area contributed by atoms with E-state index in [0.29, 0.717) is 38.8 Å². The van der Waals surface area contributed by atoms with Crippen molar-refractivity contribution >= 4 is 65.1 Å². The summed E-state index contributed by atoms with van der Waals surface area (Å²) in [4.78, 5) is 141. The van der Waals surface area contributed by atoms with Crippen LogP contribution in [0.15, 0.2) is 0 Å². The first-order chi connectivity index (χ1) is 31.0. The lowest BCUT2D eigenvalue weighted by atomic mass is 10.0. The van der Waals surface area contributed by atoms with E-state index in [1.165, 1.54) is 0 Å². The molecule has 0 aromatic heterocycles. The smallest absolute Gasteiger partial charge is 0.326 e. The zero-order valence-corrected chi connectivity index (χ0v) is 37.2. The average molecular weight is 945 g/mol. The molecule has 27 heteroatoms. The molecule has 0 aliphatic carbocycles. The number of aliphatic hydroxyl groups excluding tert-OH is 2. The van der Waals surface area contributed by atoms with E-state index in [-0.39, 0.29) is 25.8 Å². The SMILES string of the molecule is CC(O)C(NC(=O)C(CCC(N)=O)NC(=O)C(CCCCN)NC(=O)C(NC(=O)C(CCC(=O)O)NC(=O)C(CCCCN)NC(=O)C1CCCN1)C(C)O)C(=O)NC(CC(N)=O)C(=O)O. The number of primary amides is 2. The number of carboxylic acid groups (broad SMARTS) is 2. The van der Waals surface area contributed by atoms with Gasteiger partial charge in [-0.05, 0) is 97.7 Å². The molecule has 1 aliphatic heterocycles. The first-order valence-electron chi connectivity index (χ1n) is 21.7. The van der Waals surface area contributed by atoms with Crippen molar-refractivity contribution in [3.8, 4) is 0 Å². The van der Waals surface area contributed by atoms with Gasteiger partial charge in [0.1, 0.15) is 42.3 Å². The topological polar surface area (TPSA) is 469 Å². The van der Waals surface area contributed by atoms with E-state index in [0.717, 1.165) is 20.3 Å². The fourth-order valence-electron chi connectivity index (χ4n) is 6.58. The molecular formula is C39H68N12O15. The van der Waals surface area contributed by atoms with Crippen molar-refractivity contribution in [2.75, 3.05) is 19.6 Å². The summed E-state index contributed by atoms with van der Waals surface area (Å²) in [5.74, 6) is -12.1. The molecule has 0 bridgehead atoms. The number of unbranched alkanes of at least 4 members (excludes halogenated alkanes) is 2. The summed E-state index contributed by atoms with van der Waals surface area (Å²) in [7, 11) is 0.